The first kappa shape index (κ1) is 18.1. The topological polar surface area (TPSA) is 35.5 Å². The van der Waals surface area contributed by atoms with E-state index in [-0.39, 0.29) is 5.75 Å². The van der Waals surface area contributed by atoms with Gasteiger partial charge in [0.25, 0.3) is 0 Å². The Labute approximate surface area is 170 Å². The molecule has 5 aromatic carbocycles. The van der Waals surface area contributed by atoms with Crippen molar-refractivity contribution in [3.05, 3.63) is 96.6 Å². The number of hydrogen-bond acceptors (Lipinski definition) is 3. The summed E-state index contributed by atoms with van der Waals surface area (Å²) in [6.07, 6.45) is -0.964. The predicted molar refractivity (Wildman–Crippen MR) is 112 cm³/mol. The lowest BCUT2D eigenvalue weighted by Crippen LogP contribution is -2.14. The van der Waals surface area contributed by atoms with Gasteiger partial charge in [0, 0.05) is 16.2 Å². The van der Waals surface area contributed by atoms with E-state index in [9.17, 15) is 13.6 Å². The average Bonchev–Trinajstić information content (AvgIpc) is 2.74. The van der Waals surface area contributed by atoms with Crippen LogP contribution in [0.15, 0.2) is 84.9 Å². The van der Waals surface area contributed by atoms with Crippen LogP contribution in [-0.4, -0.2) is 6.16 Å². The third-order valence-electron chi connectivity index (χ3n) is 4.96. The van der Waals surface area contributed by atoms with Gasteiger partial charge in [-0.2, -0.15) is 0 Å². The van der Waals surface area contributed by atoms with E-state index in [1.807, 2.05) is 30.3 Å². The van der Waals surface area contributed by atoms with Gasteiger partial charge in [0.15, 0.2) is 0 Å². The maximum absolute atomic E-state index is 13.9. The number of halogens is 2. The van der Waals surface area contributed by atoms with Crippen molar-refractivity contribution in [2.45, 2.75) is 0 Å². The molecule has 5 aromatic rings. The van der Waals surface area contributed by atoms with Crippen LogP contribution >= 0.6 is 0 Å². The summed E-state index contributed by atoms with van der Waals surface area (Å²) in [7, 11) is 0. The molecule has 0 amide bonds. The van der Waals surface area contributed by atoms with Crippen molar-refractivity contribution in [2.75, 3.05) is 0 Å². The molecule has 5 heteroatoms. The Morgan fingerprint density at radius 2 is 1.37 bits per heavy atom. The monoisotopic (exact) mass is 400 g/mol. The quantitative estimate of drug-likeness (QED) is 0.182. The lowest BCUT2D eigenvalue weighted by Gasteiger charge is -2.13. The van der Waals surface area contributed by atoms with Crippen molar-refractivity contribution in [3.8, 4) is 11.5 Å². The molecule has 0 saturated carbocycles. The second kappa shape index (κ2) is 7.12. The SMILES string of the molecule is O=C(Oc1cccc2ccccc12)Oc1c2ccc(F)cc2cc2ccc(F)cc12. The van der Waals surface area contributed by atoms with Crippen LogP contribution in [0.5, 0.6) is 11.5 Å². The zero-order valence-corrected chi connectivity index (χ0v) is 15.6. The lowest BCUT2D eigenvalue weighted by molar-refractivity contribution is 0.153. The maximum Gasteiger partial charge on any atom is 0.519 e. The normalized spacial score (nSPS) is 11.1. The third-order valence-corrected chi connectivity index (χ3v) is 4.96. The number of ether oxygens (including phenoxy) is 2. The Morgan fingerprint density at radius 1 is 0.600 bits per heavy atom. The standard InChI is InChI=1S/C25H14F2O3/c26-18-10-11-21-17(13-18)12-16-8-9-19(27)14-22(16)24(21)30-25(28)29-23-7-3-5-15-4-1-2-6-20(15)23/h1-14H. The highest BCUT2D eigenvalue weighted by atomic mass is 19.1. The van der Waals surface area contributed by atoms with E-state index in [0.717, 1.165) is 10.8 Å². The smallest absolute Gasteiger partial charge is 0.394 e. The molecular weight excluding hydrogens is 386 g/mol. The molecule has 5 rings (SSSR count). The molecule has 0 aliphatic heterocycles. The molecule has 0 unspecified atom stereocenters. The van der Waals surface area contributed by atoms with Crippen LogP contribution in [0, 0.1) is 11.6 Å². The molecule has 0 heterocycles. The summed E-state index contributed by atoms with van der Waals surface area (Å²) in [6, 6.07) is 22.8. The molecule has 0 N–H and O–H groups in total. The summed E-state index contributed by atoms with van der Waals surface area (Å²) in [6.45, 7) is 0. The first-order valence-electron chi connectivity index (χ1n) is 9.27. The molecule has 0 atom stereocenters. The molecule has 0 saturated heterocycles. The van der Waals surface area contributed by atoms with Gasteiger partial charge in [0.2, 0.25) is 0 Å². The molecule has 146 valence electrons. The summed E-state index contributed by atoms with van der Waals surface area (Å²) in [5.41, 5.74) is 0. The molecule has 0 aliphatic carbocycles. The number of carbonyl (C=O) groups is 1. The Morgan fingerprint density at radius 3 is 2.27 bits per heavy atom. The Balaban J connectivity index is 1.59. The average molecular weight is 400 g/mol. The Hall–Kier alpha value is -3.99. The zero-order valence-electron chi connectivity index (χ0n) is 15.6. The molecule has 0 fully saturated rings. The van der Waals surface area contributed by atoms with E-state index in [1.165, 1.54) is 30.3 Å². The van der Waals surface area contributed by atoms with Crippen LogP contribution < -0.4 is 9.47 Å². The fraction of sp³-hybridized carbons (Fsp3) is 0. The van der Waals surface area contributed by atoms with E-state index in [0.29, 0.717) is 27.3 Å². The van der Waals surface area contributed by atoms with Crippen molar-refractivity contribution in [3.63, 3.8) is 0 Å². The maximum atomic E-state index is 13.9. The number of rotatable bonds is 2. The predicted octanol–water partition coefficient (Wildman–Crippen LogP) is 7.00. The summed E-state index contributed by atoms with van der Waals surface area (Å²) in [5, 5.41) is 3.68. The van der Waals surface area contributed by atoms with E-state index in [1.54, 1.807) is 24.3 Å². The number of fused-ring (bicyclic) bond motifs is 3. The Bertz CT molecular complexity index is 1440. The van der Waals surface area contributed by atoms with E-state index in [2.05, 4.69) is 0 Å². The van der Waals surface area contributed by atoms with Crippen LogP contribution in [0.3, 0.4) is 0 Å². The molecule has 30 heavy (non-hydrogen) atoms. The van der Waals surface area contributed by atoms with Gasteiger partial charge < -0.3 is 9.47 Å². The first-order valence-corrected chi connectivity index (χ1v) is 9.27. The number of benzene rings is 5. The molecule has 0 aliphatic rings. The van der Waals surface area contributed by atoms with E-state index in [4.69, 9.17) is 9.47 Å². The van der Waals surface area contributed by atoms with Crippen molar-refractivity contribution in [2.24, 2.45) is 0 Å². The van der Waals surface area contributed by atoms with Gasteiger partial charge in [-0.3, -0.25) is 0 Å². The molecule has 3 nitrogen and oxygen atoms in total. The summed E-state index contributed by atoms with van der Waals surface area (Å²) >= 11 is 0. The van der Waals surface area contributed by atoms with Gasteiger partial charge in [-0.1, -0.05) is 42.5 Å². The summed E-state index contributed by atoms with van der Waals surface area (Å²) in [4.78, 5) is 12.7. The minimum absolute atomic E-state index is 0.118. The molecule has 0 spiro atoms. The molecule has 0 bridgehead atoms. The lowest BCUT2D eigenvalue weighted by atomic mass is 10.0. The van der Waals surface area contributed by atoms with Crippen molar-refractivity contribution >= 4 is 38.5 Å². The van der Waals surface area contributed by atoms with Crippen molar-refractivity contribution in [1.29, 1.82) is 0 Å². The van der Waals surface area contributed by atoms with E-state index >= 15 is 0 Å². The highest BCUT2D eigenvalue weighted by Crippen LogP contribution is 2.36. The fourth-order valence-corrected chi connectivity index (χ4v) is 3.61. The highest BCUT2D eigenvalue weighted by Gasteiger charge is 2.17. The van der Waals surface area contributed by atoms with Crippen LogP contribution in [0.2, 0.25) is 0 Å². The number of hydrogen-bond donors (Lipinski definition) is 0. The highest BCUT2D eigenvalue weighted by molar-refractivity contribution is 6.06. The van der Waals surface area contributed by atoms with Gasteiger partial charge >= 0.3 is 6.16 Å². The minimum atomic E-state index is -0.964. The van der Waals surface area contributed by atoms with Crippen LogP contribution in [-0.2, 0) is 0 Å². The second-order valence-electron chi connectivity index (χ2n) is 6.87. The largest absolute Gasteiger partial charge is 0.519 e. The van der Waals surface area contributed by atoms with Crippen molar-refractivity contribution in [1.82, 2.24) is 0 Å². The molecule has 0 aromatic heterocycles. The van der Waals surface area contributed by atoms with Gasteiger partial charge in [-0.15, -0.1) is 0 Å². The van der Waals surface area contributed by atoms with Crippen LogP contribution in [0.1, 0.15) is 0 Å². The van der Waals surface area contributed by atoms with E-state index < -0.39 is 17.8 Å². The van der Waals surface area contributed by atoms with Gasteiger partial charge in [0.1, 0.15) is 23.1 Å². The first-order chi connectivity index (χ1) is 14.6. The number of carbonyl (C=O) groups excluding carboxylic acids is 1. The van der Waals surface area contributed by atoms with Crippen LogP contribution in [0.4, 0.5) is 13.6 Å². The second-order valence-corrected chi connectivity index (χ2v) is 6.87. The molecule has 0 radical (unpaired) electrons. The van der Waals surface area contributed by atoms with Gasteiger partial charge in [-0.05, 0) is 58.6 Å². The summed E-state index contributed by atoms with van der Waals surface area (Å²) in [5.74, 6) is -0.434. The summed E-state index contributed by atoms with van der Waals surface area (Å²) < 4.78 is 38.6. The van der Waals surface area contributed by atoms with Gasteiger partial charge in [0.05, 0.1) is 0 Å². The zero-order chi connectivity index (χ0) is 20.7. The molecular formula is C25H14F2O3. The van der Waals surface area contributed by atoms with Crippen LogP contribution in [0.25, 0.3) is 32.3 Å². The third kappa shape index (κ3) is 3.20. The van der Waals surface area contributed by atoms with Gasteiger partial charge in [-0.25, -0.2) is 13.6 Å². The minimum Gasteiger partial charge on any atom is -0.394 e. The fourth-order valence-electron chi connectivity index (χ4n) is 3.61. The van der Waals surface area contributed by atoms with Crippen molar-refractivity contribution < 1.29 is 23.0 Å². The Kier molecular flexibility index (Phi) is 4.29.